The summed E-state index contributed by atoms with van der Waals surface area (Å²) < 4.78 is 0.998. The Bertz CT molecular complexity index is 929. The molecule has 0 aliphatic rings. The van der Waals surface area contributed by atoms with Gasteiger partial charge in [-0.15, -0.1) is 12.4 Å². The van der Waals surface area contributed by atoms with Crippen molar-refractivity contribution in [3.8, 4) is 0 Å². The Morgan fingerprint density at radius 3 is 2.78 bits per heavy atom. The number of hydrogen-bond acceptors (Lipinski definition) is 5. The van der Waals surface area contributed by atoms with E-state index in [-0.39, 0.29) is 24.4 Å². The van der Waals surface area contributed by atoms with E-state index in [1.165, 1.54) is 11.3 Å². The third-order valence-corrected chi connectivity index (χ3v) is 5.27. The van der Waals surface area contributed by atoms with Crippen molar-refractivity contribution >= 4 is 56.6 Å². The molecule has 0 saturated heterocycles. The number of amides is 1. The molecule has 5 nitrogen and oxygen atoms in total. The van der Waals surface area contributed by atoms with Crippen LogP contribution >= 0.6 is 35.3 Å². The molecule has 0 bridgehead atoms. The number of rotatable bonds is 6. The maximum absolute atomic E-state index is 12.4. The number of nitrogen functional groups attached to an aromatic ring is 1. The Morgan fingerprint density at radius 2 is 2.07 bits per heavy atom. The zero-order valence-corrected chi connectivity index (χ0v) is 17.5. The number of fused-ring (bicyclic) bond motifs is 1. The maximum Gasteiger partial charge on any atom is 0.224 e. The van der Waals surface area contributed by atoms with E-state index in [2.05, 4.69) is 15.2 Å². The highest BCUT2D eigenvalue weighted by molar-refractivity contribution is 7.22. The lowest BCUT2D eigenvalue weighted by Crippen LogP contribution is -2.35. The molecule has 1 atom stereocenters. The standard InChI is InChI=1S/C19H21ClN4OS.ClH/c1-24(2)16(13-4-3-5-14(20)10-13)11-22-18(25)9-12-6-7-15-17(8-12)26-19(21)23-15;/h3-8,10,16H,9,11H2,1-2H3,(H2,21,23)(H,22,25);1H. The number of halogens is 2. The van der Waals surface area contributed by atoms with Crippen molar-refractivity contribution in [2.24, 2.45) is 0 Å². The highest BCUT2D eigenvalue weighted by atomic mass is 35.5. The predicted molar refractivity (Wildman–Crippen MR) is 116 cm³/mol. The molecular weight excluding hydrogens is 403 g/mol. The fraction of sp³-hybridized carbons (Fsp3) is 0.263. The molecule has 0 spiro atoms. The fourth-order valence-electron chi connectivity index (χ4n) is 2.87. The second-order valence-electron chi connectivity index (χ2n) is 6.37. The van der Waals surface area contributed by atoms with E-state index in [9.17, 15) is 4.79 Å². The normalized spacial score (nSPS) is 12.0. The van der Waals surface area contributed by atoms with Crippen molar-refractivity contribution in [1.82, 2.24) is 15.2 Å². The van der Waals surface area contributed by atoms with E-state index >= 15 is 0 Å². The Labute approximate surface area is 173 Å². The minimum atomic E-state index is -0.0179. The highest BCUT2D eigenvalue weighted by Gasteiger charge is 2.16. The maximum atomic E-state index is 12.4. The second kappa shape index (κ2) is 9.37. The van der Waals surface area contributed by atoms with E-state index in [1.807, 2.05) is 56.6 Å². The minimum Gasteiger partial charge on any atom is -0.375 e. The molecule has 1 amide bonds. The van der Waals surface area contributed by atoms with Gasteiger partial charge in [-0.25, -0.2) is 4.98 Å². The molecule has 0 fully saturated rings. The molecule has 3 rings (SSSR count). The first-order valence-electron chi connectivity index (χ1n) is 8.26. The minimum absolute atomic E-state index is 0. The van der Waals surface area contributed by atoms with Gasteiger partial charge in [-0.1, -0.05) is 41.1 Å². The molecule has 1 heterocycles. The van der Waals surface area contributed by atoms with Gasteiger partial charge in [-0.05, 0) is 49.5 Å². The van der Waals surface area contributed by atoms with Crippen molar-refractivity contribution in [3.05, 3.63) is 58.6 Å². The first-order valence-corrected chi connectivity index (χ1v) is 9.45. The van der Waals surface area contributed by atoms with Crippen LogP contribution in [0, 0.1) is 0 Å². The first-order chi connectivity index (χ1) is 12.4. The van der Waals surface area contributed by atoms with Gasteiger partial charge in [0.15, 0.2) is 5.13 Å². The van der Waals surface area contributed by atoms with Gasteiger partial charge in [0.1, 0.15) is 0 Å². The fourth-order valence-corrected chi connectivity index (χ4v) is 3.86. The van der Waals surface area contributed by atoms with Crippen LogP contribution in [0.5, 0.6) is 0 Å². The van der Waals surface area contributed by atoms with Gasteiger partial charge >= 0.3 is 0 Å². The summed E-state index contributed by atoms with van der Waals surface area (Å²) in [5.74, 6) is -0.0179. The summed E-state index contributed by atoms with van der Waals surface area (Å²) in [6.45, 7) is 0.516. The van der Waals surface area contributed by atoms with Crippen LogP contribution in [0.4, 0.5) is 5.13 Å². The van der Waals surface area contributed by atoms with Crippen molar-refractivity contribution in [3.63, 3.8) is 0 Å². The number of likely N-dealkylation sites (N-methyl/N-ethyl adjacent to an activating group) is 1. The summed E-state index contributed by atoms with van der Waals surface area (Å²) in [7, 11) is 3.97. The number of hydrogen-bond donors (Lipinski definition) is 2. The number of anilines is 1. The van der Waals surface area contributed by atoms with Gasteiger partial charge in [-0.2, -0.15) is 0 Å². The molecule has 8 heteroatoms. The second-order valence-corrected chi connectivity index (χ2v) is 7.87. The van der Waals surface area contributed by atoms with E-state index < -0.39 is 0 Å². The number of carbonyl (C=O) groups is 1. The summed E-state index contributed by atoms with van der Waals surface area (Å²) >= 11 is 7.52. The molecule has 0 aliphatic heterocycles. The molecule has 0 saturated carbocycles. The van der Waals surface area contributed by atoms with E-state index in [0.29, 0.717) is 23.1 Å². The number of nitrogens with one attached hydrogen (secondary N) is 1. The SMILES string of the molecule is CN(C)C(CNC(=O)Cc1ccc2nc(N)sc2c1)c1cccc(Cl)c1.Cl. The van der Waals surface area contributed by atoms with E-state index in [4.69, 9.17) is 17.3 Å². The predicted octanol–water partition coefficient (Wildman–Crippen LogP) is 3.92. The number of benzene rings is 2. The Hall–Kier alpha value is -1.86. The smallest absolute Gasteiger partial charge is 0.224 e. The lowest BCUT2D eigenvalue weighted by atomic mass is 10.1. The summed E-state index contributed by atoms with van der Waals surface area (Å²) in [5, 5.41) is 4.25. The number of nitrogens with two attached hydrogens (primary N) is 1. The third-order valence-electron chi connectivity index (χ3n) is 4.18. The van der Waals surface area contributed by atoms with Crippen LogP contribution in [-0.2, 0) is 11.2 Å². The number of carbonyl (C=O) groups excluding carboxylic acids is 1. The van der Waals surface area contributed by atoms with Gasteiger partial charge in [0.05, 0.1) is 22.7 Å². The molecule has 1 unspecified atom stereocenters. The van der Waals surface area contributed by atoms with Crippen LogP contribution in [0.25, 0.3) is 10.2 Å². The van der Waals surface area contributed by atoms with E-state index in [1.54, 1.807) is 0 Å². The van der Waals surface area contributed by atoms with Gasteiger partial charge in [-0.3, -0.25) is 4.79 Å². The van der Waals surface area contributed by atoms with Crippen molar-refractivity contribution in [2.75, 3.05) is 26.4 Å². The molecule has 1 aromatic heterocycles. The van der Waals surface area contributed by atoms with E-state index in [0.717, 1.165) is 21.3 Å². The zero-order valence-electron chi connectivity index (χ0n) is 15.1. The molecular formula is C19H22Cl2N4OS. The molecule has 3 N–H and O–H groups in total. The van der Waals surface area contributed by atoms with Crippen LogP contribution in [0.1, 0.15) is 17.2 Å². The number of thiazole rings is 1. The number of aromatic nitrogens is 1. The largest absolute Gasteiger partial charge is 0.375 e. The Morgan fingerprint density at radius 1 is 1.30 bits per heavy atom. The van der Waals surface area contributed by atoms with Crippen LogP contribution in [-0.4, -0.2) is 36.4 Å². The molecule has 0 aliphatic carbocycles. The molecule has 3 aromatic rings. The van der Waals surface area contributed by atoms with Crippen LogP contribution in [0.2, 0.25) is 5.02 Å². The quantitative estimate of drug-likeness (QED) is 0.628. The van der Waals surface area contributed by atoms with Crippen molar-refractivity contribution < 1.29 is 4.79 Å². The summed E-state index contributed by atoms with van der Waals surface area (Å²) in [4.78, 5) is 18.7. The van der Waals surface area contributed by atoms with Crippen molar-refractivity contribution in [2.45, 2.75) is 12.5 Å². The summed E-state index contributed by atoms with van der Waals surface area (Å²) in [6.07, 6.45) is 0.323. The highest BCUT2D eigenvalue weighted by Crippen LogP contribution is 2.25. The average molecular weight is 425 g/mol. The topological polar surface area (TPSA) is 71.2 Å². The molecule has 0 radical (unpaired) electrons. The van der Waals surface area contributed by atoms with Gasteiger partial charge in [0.25, 0.3) is 0 Å². The van der Waals surface area contributed by atoms with Crippen LogP contribution in [0.15, 0.2) is 42.5 Å². The van der Waals surface area contributed by atoms with Crippen LogP contribution < -0.4 is 11.1 Å². The molecule has 2 aromatic carbocycles. The molecule has 144 valence electrons. The zero-order chi connectivity index (χ0) is 18.7. The molecule has 27 heavy (non-hydrogen) atoms. The summed E-state index contributed by atoms with van der Waals surface area (Å²) in [5.41, 5.74) is 8.62. The van der Waals surface area contributed by atoms with Gasteiger partial charge in [0.2, 0.25) is 5.91 Å². The van der Waals surface area contributed by atoms with Crippen LogP contribution in [0.3, 0.4) is 0 Å². The van der Waals surface area contributed by atoms with Crippen molar-refractivity contribution in [1.29, 1.82) is 0 Å². The number of nitrogens with zero attached hydrogens (tertiary/aromatic N) is 2. The first kappa shape index (κ1) is 21.4. The third kappa shape index (κ3) is 5.56. The Kier molecular flexibility index (Phi) is 7.44. The Balaban J connectivity index is 0.00000261. The van der Waals surface area contributed by atoms with Gasteiger partial charge in [0, 0.05) is 11.6 Å². The van der Waals surface area contributed by atoms with Gasteiger partial charge < -0.3 is 16.0 Å². The average Bonchev–Trinajstić information content (AvgIpc) is 2.94. The lowest BCUT2D eigenvalue weighted by molar-refractivity contribution is -0.120. The lowest BCUT2D eigenvalue weighted by Gasteiger charge is -2.25. The monoisotopic (exact) mass is 424 g/mol. The summed E-state index contributed by atoms with van der Waals surface area (Å²) in [6, 6.07) is 13.6.